The largest absolute Gasteiger partial charge is 0.328 e. The summed E-state index contributed by atoms with van der Waals surface area (Å²) in [6.45, 7) is 2.14. The van der Waals surface area contributed by atoms with E-state index in [1.165, 1.54) is 4.90 Å². The molecular formula is C12H11BrN2O2. The molecule has 4 nitrogen and oxygen atoms in total. The van der Waals surface area contributed by atoms with Gasteiger partial charge in [-0.15, -0.1) is 0 Å². The molecule has 0 bridgehead atoms. The van der Waals surface area contributed by atoms with Gasteiger partial charge in [-0.25, -0.2) is 4.79 Å². The van der Waals surface area contributed by atoms with Crippen LogP contribution in [0.25, 0.3) is 6.08 Å². The van der Waals surface area contributed by atoms with Gasteiger partial charge in [0, 0.05) is 11.0 Å². The van der Waals surface area contributed by atoms with E-state index in [-0.39, 0.29) is 11.9 Å². The van der Waals surface area contributed by atoms with Crippen LogP contribution < -0.4 is 5.32 Å². The van der Waals surface area contributed by atoms with Gasteiger partial charge in [0.2, 0.25) is 0 Å². The topological polar surface area (TPSA) is 49.4 Å². The fourth-order valence-corrected chi connectivity index (χ4v) is 2.04. The van der Waals surface area contributed by atoms with E-state index < -0.39 is 0 Å². The molecule has 0 radical (unpaired) electrons. The monoisotopic (exact) mass is 294 g/mol. The minimum Gasteiger partial charge on any atom is -0.303 e. The lowest BCUT2D eigenvalue weighted by Crippen LogP contribution is -2.30. The van der Waals surface area contributed by atoms with Crippen LogP contribution in [0.5, 0.6) is 0 Å². The minimum absolute atomic E-state index is 0.280. The highest BCUT2D eigenvalue weighted by molar-refractivity contribution is 9.10. The maximum absolute atomic E-state index is 11.8. The third kappa shape index (κ3) is 2.39. The van der Waals surface area contributed by atoms with E-state index in [9.17, 15) is 9.59 Å². The number of likely N-dealkylation sites (N-methyl/N-ethyl adjacent to an activating group) is 1. The third-order valence-corrected chi connectivity index (χ3v) is 2.93. The molecule has 0 aromatic heterocycles. The summed E-state index contributed by atoms with van der Waals surface area (Å²) >= 11 is 3.35. The van der Waals surface area contributed by atoms with E-state index in [0.29, 0.717) is 12.2 Å². The summed E-state index contributed by atoms with van der Waals surface area (Å²) in [6, 6.07) is 7.15. The predicted molar refractivity (Wildman–Crippen MR) is 68.0 cm³/mol. The average molecular weight is 295 g/mol. The molecule has 2 rings (SSSR count). The minimum atomic E-state index is -0.362. The highest BCUT2D eigenvalue weighted by Crippen LogP contribution is 2.17. The SMILES string of the molecule is CCN1C(=O)N/C(=C\c2cccc(Br)c2)C1=O. The molecule has 1 N–H and O–H groups in total. The Morgan fingerprint density at radius 2 is 2.18 bits per heavy atom. The summed E-state index contributed by atoms with van der Waals surface area (Å²) in [5.74, 6) is -0.280. The van der Waals surface area contributed by atoms with Crippen molar-refractivity contribution < 1.29 is 9.59 Å². The second-order valence-electron chi connectivity index (χ2n) is 3.59. The van der Waals surface area contributed by atoms with Gasteiger partial charge >= 0.3 is 6.03 Å². The van der Waals surface area contributed by atoms with Crippen molar-refractivity contribution in [2.75, 3.05) is 6.54 Å². The second-order valence-corrected chi connectivity index (χ2v) is 4.51. The molecule has 0 saturated carbocycles. The first-order chi connectivity index (χ1) is 8.11. The molecule has 1 aliphatic rings. The smallest absolute Gasteiger partial charge is 0.303 e. The Balaban J connectivity index is 2.30. The molecule has 1 aliphatic heterocycles. The zero-order valence-corrected chi connectivity index (χ0v) is 10.8. The van der Waals surface area contributed by atoms with Crippen molar-refractivity contribution in [3.05, 3.63) is 40.0 Å². The van der Waals surface area contributed by atoms with E-state index >= 15 is 0 Å². The number of nitrogens with one attached hydrogen (secondary N) is 1. The fourth-order valence-electron chi connectivity index (χ4n) is 1.62. The van der Waals surface area contributed by atoms with Crippen LogP contribution in [0.1, 0.15) is 12.5 Å². The van der Waals surface area contributed by atoms with Crippen LogP contribution in [-0.2, 0) is 4.79 Å². The molecule has 88 valence electrons. The maximum atomic E-state index is 11.8. The first-order valence-corrected chi connectivity index (χ1v) is 6.01. The number of hydrogen-bond acceptors (Lipinski definition) is 2. The lowest BCUT2D eigenvalue weighted by Gasteiger charge is -2.06. The fraction of sp³-hybridized carbons (Fsp3) is 0.167. The molecule has 3 amide bonds. The predicted octanol–water partition coefficient (Wildman–Crippen LogP) is 2.36. The van der Waals surface area contributed by atoms with Crippen LogP contribution in [-0.4, -0.2) is 23.4 Å². The normalized spacial score (nSPS) is 17.8. The van der Waals surface area contributed by atoms with E-state index in [2.05, 4.69) is 21.2 Å². The van der Waals surface area contributed by atoms with E-state index in [1.54, 1.807) is 13.0 Å². The Kier molecular flexibility index (Phi) is 3.28. The number of amides is 3. The number of carbonyl (C=O) groups is 2. The average Bonchev–Trinajstić information content (AvgIpc) is 2.54. The molecule has 5 heteroatoms. The zero-order valence-electron chi connectivity index (χ0n) is 9.24. The van der Waals surface area contributed by atoms with Gasteiger partial charge in [0.05, 0.1) is 0 Å². The van der Waals surface area contributed by atoms with Crippen molar-refractivity contribution in [2.24, 2.45) is 0 Å². The standard InChI is InChI=1S/C12H11BrN2O2/c1-2-15-11(16)10(14-12(15)17)7-8-4-3-5-9(13)6-8/h3-7H,2H2,1H3,(H,14,17)/b10-7-. The van der Waals surface area contributed by atoms with E-state index in [1.807, 2.05) is 24.3 Å². The van der Waals surface area contributed by atoms with Gasteiger partial charge in [-0.2, -0.15) is 0 Å². The summed E-state index contributed by atoms with van der Waals surface area (Å²) in [7, 11) is 0. The highest BCUT2D eigenvalue weighted by atomic mass is 79.9. The van der Waals surface area contributed by atoms with Crippen molar-refractivity contribution in [3.8, 4) is 0 Å². The molecule has 0 atom stereocenters. The number of carbonyl (C=O) groups excluding carboxylic acids is 2. The number of halogens is 1. The molecule has 17 heavy (non-hydrogen) atoms. The third-order valence-electron chi connectivity index (χ3n) is 2.44. The van der Waals surface area contributed by atoms with Crippen LogP contribution >= 0.6 is 15.9 Å². The Morgan fingerprint density at radius 3 is 2.76 bits per heavy atom. The molecular weight excluding hydrogens is 284 g/mol. The van der Waals surface area contributed by atoms with Crippen LogP contribution in [0.2, 0.25) is 0 Å². The molecule has 1 saturated heterocycles. The van der Waals surface area contributed by atoms with Crippen LogP contribution in [0, 0.1) is 0 Å². The lowest BCUT2D eigenvalue weighted by atomic mass is 10.2. The van der Waals surface area contributed by atoms with Gasteiger partial charge in [0.15, 0.2) is 0 Å². The molecule has 1 fully saturated rings. The number of imide groups is 1. The summed E-state index contributed by atoms with van der Waals surface area (Å²) in [6.07, 6.45) is 1.67. The number of rotatable bonds is 2. The second kappa shape index (κ2) is 4.71. The van der Waals surface area contributed by atoms with Gasteiger partial charge in [0.25, 0.3) is 5.91 Å². The zero-order chi connectivity index (χ0) is 12.4. The van der Waals surface area contributed by atoms with Crippen molar-refractivity contribution in [1.29, 1.82) is 0 Å². The van der Waals surface area contributed by atoms with Crippen molar-refractivity contribution in [2.45, 2.75) is 6.92 Å². The molecule has 0 spiro atoms. The summed E-state index contributed by atoms with van der Waals surface area (Å²) in [4.78, 5) is 24.4. The number of hydrogen-bond donors (Lipinski definition) is 1. The Hall–Kier alpha value is -1.62. The summed E-state index contributed by atoms with van der Waals surface area (Å²) < 4.78 is 0.927. The first kappa shape index (κ1) is 11.9. The first-order valence-electron chi connectivity index (χ1n) is 5.22. The number of nitrogens with zero attached hydrogens (tertiary/aromatic N) is 1. The van der Waals surface area contributed by atoms with Crippen molar-refractivity contribution >= 4 is 33.9 Å². The highest BCUT2D eigenvalue weighted by Gasteiger charge is 2.31. The van der Waals surface area contributed by atoms with Crippen molar-refractivity contribution in [1.82, 2.24) is 10.2 Å². The Bertz CT molecular complexity index is 511. The van der Waals surface area contributed by atoms with Crippen LogP contribution in [0.3, 0.4) is 0 Å². The molecule has 1 aromatic carbocycles. The van der Waals surface area contributed by atoms with Gasteiger partial charge in [-0.3, -0.25) is 9.69 Å². The van der Waals surface area contributed by atoms with Crippen molar-refractivity contribution in [3.63, 3.8) is 0 Å². The van der Waals surface area contributed by atoms with Crippen LogP contribution in [0.4, 0.5) is 4.79 Å². The molecule has 0 unspecified atom stereocenters. The van der Waals surface area contributed by atoms with Gasteiger partial charge in [0.1, 0.15) is 5.70 Å². The summed E-state index contributed by atoms with van der Waals surface area (Å²) in [5, 5.41) is 2.56. The summed E-state index contributed by atoms with van der Waals surface area (Å²) in [5.41, 5.74) is 1.18. The Labute approximate surface area is 107 Å². The number of urea groups is 1. The van der Waals surface area contributed by atoms with E-state index in [0.717, 1.165) is 10.0 Å². The quantitative estimate of drug-likeness (QED) is 0.672. The Morgan fingerprint density at radius 1 is 1.41 bits per heavy atom. The number of benzene rings is 1. The molecule has 1 heterocycles. The van der Waals surface area contributed by atoms with Gasteiger partial charge < -0.3 is 5.32 Å². The molecule has 0 aliphatic carbocycles. The van der Waals surface area contributed by atoms with Crippen LogP contribution in [0.15, 0.2) is 34.4 Å². The van der Waals surface area contributed by atoms with Gasteiger partial charge in [-0.1, -0.05) is 28.1 Å². The van der Waals surface area contributed by atoms with Gasteiger partial charge in [-0.05, 0) is 30.7 Å². The lowest BCUT2D eigenvalue weighted by molar-refractivity contribution is -0.122. The maximum Gasteiger partial charge on any atom is 0.328 e. The van der Waals surface area contributed by atoms with E-state index in [4.69, 9.17) is 0 Å². The molecule has 1 aromatic rings.